The number of nitrogens with zero attached hydrogens (tertiary/aromatic N) is 3. The van der Waals surface area contributed by atoms with Crippen molar-refractivity contribution in [1.29, 1.82) is 0 Å². The fraction of sp³-hybridized carbons (Fsp3) is 0.649. The lowest BCUT2D eigenvalue weighted by molar-refractivity contribution is -0.151. The van der Waals surface area contributed by atoms with Crippen LogP contribution in [0.2, 0.25) is 0 Å². The van der Waals surface area contributed by atoms with Crippen molar-refractivity contribution in [2.24, 2.45) is 5.92 Å². The van der Waals surface area contributed by atoms with Gasteiger partial charge in [-0.3, -0.25) is 14.7 Å². The van der Waals surface area contributed by atoms with Gasteiger partial charge in [-0.2, -0.15) is 0 Å². The molecule has 1 aromatic heterocycles. The average molecular weight is 638 g/mol. The predicted octanol–water partition coefficient (Wildman–Crippen LogP) is 5.93. The van der Waals surface area contributed by atoms with Crippen molar-refractivity contribution >= 4 is 12.1 Å². The number of hydrogen-bond acceptors (Lipinski definition) is 8. The van der Waals surface area contributed by atoms with E-state index in [0.717, 1.165) is 24.2 Å². The molecule has 2 fully saturated rings. The molecule has 46 heavy (non-hydrogen) atoms. The zero-order valence-electron chi connectivity index (χ0n) is 28.2. The van der Waals surface area contributed by atoms with E-state index in [-0.39, 0.29) is 31.1 Å². The molecule has 0 radical (unpaired) electrons. The molecule has 6 atom stereocenters. The molecule has 9 nitrogen and oxygen atoms in total. The quantitative estimate of drug-likeness (QED) is 0.171. The normalized spacial score (nSPS) is 31.3. The van der Waals surface area contributed by atoms with Gasteiger partial charge in [0.05, 0.1) is 12.5 Å². The Morgan fingerprint density at radius 2 is 1.76 bits per heavy atom. The second-order valence-electron chi connectivity index (χ2n) is 13.7. The highest BCUT2D eigenvalue weighted by Crippen LogP contribution is 2.28. The molecule has 0 bridgehead atoms. The number of aliphatic hydroxyl groups excluding tert-OH is 1. The van der Waals surface area contributed by atoms with Crippen molar-refractivity contribution in [3.63, 3.8) is 0 Å². The standard InChI is InChI=1S/C37H55N3O6/c1-27(30-17-20-38-21-18-30)10-9-11-28(2)35-29(3)14-15-33(37(4,44)19-16-32(41)26-34(42)46-35)45-36(43)40-24-22-39(23-25-40)31-12-7-5-6-8-13-31/h9-11,14-15,17-18,20-21,27,29,31-33,35,41,44H,5-8,12-13,16,19,22-26H2,1-4H3/b10-9+,15-14+,28-11+/t27?,29-,32-,33+,35+,37-/m0/s1. The number of pyridine rings is 1. The largest absolute Gasteiger partial charge is 0.457 e. The number of amides is 1. The Labute approximate surface area is 275 Å². The fourth-order valence-electron chi connectivity index (χ4n) is 6.77. The highest BCUT2D eigenvalue weighted by molar-refractivity contribution is 5.70. The van der Waals surface area contributed by atoms with Gasteiger partial charge in [0.1, 0.15) is 11.7 Å². The van der Waals surface area contributed by atoms with Crippen molar-refractivity contribution in [1.82, 2.24) is 14.8 Å². The second-order valence-corrected chi connectivity index (χ2v) is 13.7. The average Bonchev–Trinajstić information content (AvgIpc) is 3.34. The van der Waals surface area contributed by atoms with Crippen LogP contribution < -0.4 is 0 Å². The van der Waals surface area contributed by atoms with Crippen LogP contribution in [-0.4, -0.2) is 93.2 Å². The van der Waals surface area contributed by atoms with Gasteiger partial charge in [-0.05, 0) is 74.8 Å². The van der Waals surface area contributed by atoms with Crippen molar-refractivity contribution in [3.8, 4) is 0 Å². The molecule has 4 rings (SSSR count). The minimum atomic E-state index is -1.44. The molecule has 1 saturated carbocycles. The van der Waals surface area contributed by atoms with E-state index in [0.29, 0.717) is 19.1 Å². The van der Waals surface area contributed by atoms with Crippen molar-refractivity contribution in [2.75, 3.05) is 26.2 Å². The Morgan fingerprint density at radius 1 is 1.09 bits per heavy atom. The topological polar surface area (TPSA) is 112 Å². The van der Waals surface area contributed by atoms with Gasteiger partial charge in [-0.15, -0.1) is 0 Å². The van der Waals surface area contributed by atoms with Gasteiger partial charge in [-0.25, -0.2) is 4.79 Å². The maximum atomic E-state index is 13.4. The minimum absolute atomic E-state index is 0.149. The molecule has 2 N–H and O–H groups in total. The van der Waals surface area contributed by atoms with Gasteiger partial charge in [0.2, 0.25) is 0 Å². The number of ether oxygens (including phenoxy) is 2. The highest BCUT2D eigenvalue weighted by atomic mass is 16.6. The summed E-state index contributed by atoms with van der Waals surface area (Å²) in [6.45, 7) is 10.4. The molecule has 2 aliphatic heterocycles. The van der Waals surface area contributed by atoms with Gasteiger partial charge >= 0.3 is 12.1 Å². The first kappa shape index (κ1) is 35.8. The minimum Gasteiger partial charge on any atom is -0.457 e. The molecule has 1 saturated heterocycles. The van der Waals surface area contributed by atoms with Crippen LogP contribution >= 0.6 is 0 Å². The molecule has 3 heterocycles. The van der Waals surface area contributed by atoms with Crippen LogP contribution in [0.5, 0.6) is 0 Å². The monoisotopic (exact) mass is 637 g/mol. The number of aliphatic hydroxyl groups is 2. The lowest BCUT2D eigenvalue weighted by Gasteiger charge is -2.40. The number of esters is 1. The SMILES string of the molecule is C/C(=C\C=C\C(C)c1ccncc1)[C@H]1OC(=O)C[C@@H](O)CC[C@](C)(O)[C@H](OC(=O)N2CCN(C3CCCCCC3)CC2)/C=C/[C@@H]1C. The Hall–Kier alpha value is -3.01. The van der Waals surface area contributed by atoms with Crippen molar-refractivity contribution in [2.45, 2.75) is 121 Å². The van der Waals surface area contributed by atoms with Crippen LogP contribution in [0.4, 0.5) is 4.79 Å². The zero-order valence-corrected chi connectivity index (χ0v) is 28.2. The number of allylic oxidation sites excluding steroid dienone is 3. The third-order valence-electron chi connectivity index (χ3n) is 9.91. The van der Waals surface area contributed by atoms with E-state index >= 15 is 0 Å². The number of aromatic nitrogens is 1. The summed E-state index contributed by atoms with van der Waals surface area (Å²) in [4.78, 5) is 34.6. The Kier molecular flexibility index (Phi) is 13.4. The molecule has 1 aromatic rings. The lowest BCUT2D eigenvalue weighted by atomic mass is 9.88. The summed E-state index contributed by atoms with van der Waals surface area (Å²) in [5.74, 6) is -0.607. The Balaban J connectivity index is 1.45. The molecule has 3 aliphatic rings. The van der Waals surface area contributed by atoms with E-state index in [1.807, 2.05) is 44.2 Å². The van der Waals surface area contributed by atoms with Crippen LogP contribution in [0, 0.1) is 5.92 Å². The molecule has 1 aliphatic carbocycles. The molecule has 1 amide bonds. The summed E-state index contributed by atoms with van der Waals surface area (Å²) >= 11 is 0. The van der Waals surface area contributed by atoms with Crippen LogP contribution in [0.15, 0.2) is 60.5 Å². The molecular formula is C37H55N3O6. The zero-order chi connectivity index (χ0) is 33.1. The summed E-state index contributed by atoms with van der Waals surface area (Å²) in [6, 6.07) is 4.56. The van der Waals surface area contributed by atoms with Crippen LogP contribution in [-0.2, 0) is 14.3 Å². The third kappa shape index (κ3) is 10.5. The first-order chi connectivity index (χ1) is 22.0. The van der Waals surface area contributed by atoms with Crippen molar-refractivity contribution < 1.29 is 29.3 Å². The number of cyclic esters (lactones) is 1. The molecular weight excluding hydrogens is 582 g/mol. The number of carbonyl (C=O) groups is 2. The summed E-state index contributed by atoms with van der Waals surface area (Å²) < 4.78 is 11.9. The Bertz CT molecular complexity index is 1200. The number of piperazine rings is 1. The number of carbonyl (C=O) groups excluding carboxylic acids is 2. The Morgan fingerprint density at radius 3 is 2.43 bits per heavy atom. The van der Waals surface area contributed by atoms with Gasteiger partial charge in [0, 0.05) is 50.5 Å². The predicted molar refractivity (Wildman–Crippen MR) is 179 cm³/mol. The van der Waals surface area contributed by atoms with Crippen LogP contribution in [0.25, 0.3) is 0 Å². The molecule has 1 unspecified atom stereocenters. The van der Waals surface area contributed by atoms with Crippen LogP contribution in [0.1, 0.15) is 97.0 Å². The first-order valence-electron chi connectivity index (χ1n) is 17.3. The maximum Gasteiger partial charge on any atom is 0.410 e. The van der Waals surface area contributed by atoms with Gasteiger partial charge in [0.25, 0.3) is 0 Å². The van der Waals surface area contributed by atoms with Crippen molar-refractivity contribution in [3.05, 3.63) is 66.0 Å². The van der Waals surface area contributed by atoms with E-state index in [1.54, 1.807) is 30.3 Å². The fourth-order valence-corrected chi connectivity index (χ4v) is 6.77. The smallest absolute Gasteiger partial charge is 0.410 e. The summed E-state index contributed by atoms with van der Waals surface area (Å²) in [6.07, 6.45) is 17.9. The molecule has 9 heteroatoms. The van der Waals surface area contributed by atoms with E-state index in [4.69, 9.17) is 9.47 Å². The number of hydrogen-bond donors (Lipinski definition) is 2. The van der Waals surface area contributed by atoms with E-state index in [1.165, 1.54) is 38.5 Å². The second kappa shape index (κ2) is 17.2. The van der Waals surface area contributed by atoms with E-state index in [9.17, 15) is 19.8 Å². The molecule has 254 valence electrons. The van der Waals surface area contributed by atoms with E-state index < -0.39 is 36.0 Å². The summed E-state index contributed by atoms with van der Waals surface area (Å²) in [5, 5.41) is 22.1. The highest BCUT2D eigenvalue weighted by Gasteiger charge is 2.37. The van der Waals surface area contributed by atoms with Gasteiger partial charge in [0.15, 0.2) is 6.10 Å². The first-order valence-corrected chi connectivity index (χ1v) is 17.3. The van der Waals surface area contributed by atoms with Crippen LogP contribution in [0.3, 0.4) is 0 Å². The molecule has 0 aromatic carbocycles. The summed E-state index contributed by atoms with van der Waals surface area (Å²) in [7, 11) is 0. The molecule has 0 spiro atoms. The number of rotatable bonds is 6. The van der Waals surface area contributed by atoms with Gasteiger partial charge in [-0.1, -0.05) is 63.8 Å². The third-order valence-corrected chi connectivity index (χ3v) is 9.91. The van der Waals surface area contributed by atoms with E-state index in [2.05, 4.69) is 22.9 Å². The maximum absolute atomic E-state index is 13.4. The lowest BCUT2D eigenvalue weighted by Crippen LogP contribution is -2.53. The van der Waals surface area contributed by atoms with Gasteiger partial charge < -0.3 is 24.6 Å². The summed E-state index contributed by atoms with van der Waals surface area (Å²) in [5.41, 5.74) is 0.543.